The number of carbonyl (C=O) groups excluding carboxylic acids is 1. The van der Waals surface area contributed by atoms with Gasteiger partial charge in [0.1, 0.15) is 5.69 Å². The van der Waals surface area contributed by atoms with Crippen LogP contribution in [-0.2, 0) is 6.42 Å². The second-order valence-electron chi connectivity index (χ2n) is 7.91. The van der Waals surface area contributed by atoms with Crippen molar-refractivity contribution in [3.8, 4) is 0 Å². The van der Waals surface area contributed by atoms with Crippen molar-refractivity contribution in [2.45, 2.75) is 13.3 Å². The maximum Gasteiger partial charge on any atom is 0.274 e. The average Bonchev–Trinajstić information content (AvgIpc) is 3.23. The number of hydrogen-bond acceptors (Lipinski definition) is 5. The molecule has 30 heavy (non-hydrogen) atoms. The summed E-state index contributed by atoms with van der Waals surface area (Å²) in [6.07, 6.45) is 4.34. The lowest BCUT2D eigenvalue weighted by Gasteiger charge is -2.36. The Morgan fingerprint density at radius 2 is 1.73 bits per heavy atom. The van der Waals surface area contributed by atoms with E-state index in [1.165, 1.54) is 22.5 Å². The van der Waals surface area contributed by atoms with Crippen molar-refractivity contribution in [1.82, 2.24) is 14.9 Å². The molecule has 2 aliphatic heterocycles. The molecule has 152 valence electrons. The number of benzene rings is 2. The first-order chi connectivity index (χ1) is 14.7. The largest absolute Gasteiger partial charge is 0.368 e. The van der Waals surface area contributed by atoms with Crippen LogP contribution in [0.3, 0.4) is 0 Å². The molecule has 0 N–H and O–H groups in total. The fraction of sp³-hybridized carbons (Fsp3) is 0.292. The molecule has 3 aromatic rings. The summed E-state index contributed by atoms with van der Waals surface area (Å²) in [4.78, 5) is 28.3. The highest BCUT2D eigenvalue weighted by molar-refractivity contribution is 5.92. The van der Waals surface area contributed by atoms with Crippen LogP contribution in [0.25, 0.3) is 0 Å². The Balaban J connectivity index is 1.24. The molecule has 6 nitrogen and oxygen atoms in total. The molecular formula is C24H25N5O. The maximum absolute atomic E-state index is 12.9. The molecule has 3 heterocycles. The zero-order valence-electron chi connectivity index (χ0n) is 17.2. The first kappa shape index (κ1) is 18.6. The van der Waals surface area contributed by atoms with Gasteiger partial charge in [-0.25, -0.2) is 9.97 Å². The summed E-state index contributed by atoms with van der Waals surface area (Å²) < 4.78 is 0. The Hall–Kier alpha value is -3.41. The van der Waals surface area contributed by atoms with E-state index in [0.29, 0.717) is 18.8 Å². The normalized spacial score (nSPS) is 16.0. The molecule has 1 fully saturated rings. The molecule has 1 amide bonds. The molecule has 0 bridgehead atoms. The summed E-state index contributed by atoms with van der Waals surface area (Å²) in [6.45, 7) is 6.02. The molecule has 6 heteroatoms. The van der Waals surface area contributed by atoms with E-state index in [4.69, 9.17) is 0 Å². The molecule has 0 unspecified atom stereocenters. The molecular weight excluding hydrogens is 374 g/mol. The summed E-state index contributed by atoms with van der Waals surface area (Å²) in [5.74, 6) is 0.750. The zero-order chi connectivity index (χ0) is 20.5. The van der Waals surface area contributed by atoms with Crippen LogP contribution in [0.5, 0.6) is 0 Å². The third kappa shape index (κ3) is 3.49. The number of amides is 1. The number of carbonyl (C=O) groups is 1. The van der Waals surface area contributed by atoms with Crippen molar-refractivity contribution < 1.29 is 4.79 Å². The third-order valence-corrected chi connectivity index (χ3v) is 5.95. The number of anilines is 3. The van der Waals surface area contributed by atoms with Gasteiger partial charge in [0.05, 0.1) is 12.4 Å². The third-order valence-electron chi connectivity index (χ3n) is 5.95. The van der Waals surface area contributed by atoms with Gasteiger partial charge in [0.25, 0.3) is 5.91 Å². The van der Waals surface area contributed by atoms with E-state index in [9.17, 15) is 4.79 Å². The molecule has 2 aliphatic rings. The van der Waals surface area contributed by atoms with Crippen molar-refractivity contribution in [3.63, 3.8) is 0 Å². The van der Waals surface area contributed by atoms with Crippen LogP contribution in [0.1, 0.15) is 21.6 Å². The molecule has 1 saturated heterocycles. The predicted octanol–water partition coefficient (Wildman–Crippen LogP) is 3.44. The van der Waals surface area contributed by atoms with Crippen LogP contribution in [0.2, 0.25) is 0 Å². The first-order valence-electron chi connectivity index (χ1n) is 10.5. The van der Waals surface area contributed by atoms with Crippen LogP contribution >= 0.6 is 0 Å². The second-order valence-corrected chi connectivity index (χ2v) is 7.91. The highest BCUT2D eigenvalue weighted by atomic mass is 16.2. The van der Waals surface area contributed by atoms with Crippen molar-refractivity contribution in [2.24, 2.45) is 0 Å². The maximum atomic E-state index is 12.9. The van der Waals surface area contributed by atoms with Gasteiger partial charge in [-0.2, -0.15) is 0 Å². The fourth-order valence-electron chi connectivity index (χ4n) is 4.30. The van der Waals surface area contributed by atoms with Crippen LogP contribution in [0.4, 0.5) is 17.2 Å². The second kappa shape index (κ2) is 7.78. The Morgan fingerprint density at radius 3 is 2.50 bits per heavy atom. The van der Waals surface area contributed by atoms with Gasteiger partial charge in [-0.15, -0.1) is 0 Å². The van der Waals surface area contributed by atoms with Gasteiger partial charge in [0.2, 0.25) is 0 Å². The summed E-state index contributed by atoms with van der Waals surface area (Å²) in [5.41, 5.74) is 5.39. The van der Waals surface area contributed by atoms with Gasteiger partial charge < -0.3 is 14.7 Å². The number of hydrogen-bond donors (Lipinski definition) is 0. The Bertz CT molecular complexity index is 1060. The van der Waals surface area contributed by atoms with Crippen molar-refractivity contribution in [2.75, 3.05) is 42.5 Å². The number of nitrogens with zero attached hydrogens (tertiary/aromatic N) is 5. The van der Waals surface area contributed by atoms with Crippen molar-refractivity contribution >= 4 is 23.1 Å². The van der Waals surface area contributed by atoms with Crippen molar-refractivity contribution in [3.05, 3.63) is 77.7 Å². The molecule has 1 aromatic heterocycles. The standard InChI is InChI=1S/C24H25N5O/c1-18-5-4-7-20(15-18)27-11-13-28(14-12-27)24(30)21-16-26-23(17-25-21)29-10-9-19-6-2-3-8-22(19)29/h2-8,15-17H,9-14H2,1H3. The summed E-state index contributed by atoms with van der Waals surface area (Å²) >= 11 is 0. The van der Waals surface area contributed by atoms with Crippen LogP contribution in [0.15, 0.2) is 60.9 Å². The Kier molecular flexibility index (Phi) is 4.83. The van der Waals surface area contributed by atoms with Gasteiger partial charge in [-0.05, 0) is 42.7 Å². The topological polar surface area (TPSA) is 52.6 Å². The highest BCUT2D eigenvalue weighted by Crippen LogP contribution is 2.32. The number of para-hydroxylation sites is 1. The van der Waals surface area contributed by atoms with Crippen molar-refractivity contribution in [1.29, 1.82) is 0 Å². The van der Waals surface area contributed by atoms with Crippen LogP contribution in [0, 0.1) is 6.92 Å². The number of fused-ring (bicyclic) bond motifs is 1. The molecule has 0 radical (unpaired) electrons. The Morgan fingerprint density at radius 1 is 0.900 bits per heavy atom. The number of rotatable bonds is 3. The smallest absolute Gasteiger partial charge is 0.274 e. The molecule has 0 aliphatic carbocycles. The minimum absolute atomic E-state index is 0.0419. The van der Waals surface area contributed by atoms with E-state index >= 15 is 0 Å². The summed E-state index contributed by atoms with van der Waals surface area (Å²) in [6, 6.07) is 16.9. The lowest BCUT2D eigenvalue weighted by atomic mass is 10.2. The van der Waals surface area contributed by atoms with Gasteiger partial charge >= 0.3 is 0 Å². The van der Waals surface area contributed by atoms with E-state index in [1.807, 2.05) is 11.0 Å². The van der Waals surface area contributed by atoms with E-state index in [1.54, 1.807) is 12.4 Å². The van der Waals surface area contributed by atoms with E-state index in [0.717, 1.165) is 31.9 Å². The molecule has 5 rings (SSSR count). The lowest BCUT2D eigenvalue weighted by Crippen LogP contribution is -2.49. The van der Waals surface area contributed by atoms with E-state index in [2.05, 4.69) is 69.2 Å². The molecule has 0 saturated carbocycles. The minimum atomic E-state index is -0.0419. The van der Waals surface area contributed by atoms with Gasteiger partial charge in [-0.1, -0.05) is 30.3 Å². The van der Waals surface area contributed by atoms with Crippen LogP contribution in [-0.4, -0.2) is 53.5 Å². The SMILES string of the molecule is Cc1cccc(N2CCN(C(=O)c3cnc(N4CCc5ccccc54)cn3)CC2)c1. The van der Waals surface area contributed by atoms with E-state index in [-0.39, 0.29) is 5.91 Å². The molecule has 0 atom stereocenters. The predicted molar refractivity (Wildman–Crippen MR) is 118 cm³/mol. The average molecular weight is 399 g/mol. The van der Waals surface area contributed by atoms with Crippen LogP contribution < -0.4 is 9.80 Å². The van der Waals surface area contributed by atoms with Gasteiger partial charge in [0, 0.05) is 44.1 Å². The zero-order valence-corrected chi connectivity index (χ0v) is 17.2. The Labute approximate surface area is 176 Å². The molecule has 2 aromatic carbocycles. The lowest BCUT2D eigenvalue weighted by molar-refractivity contribution is 0.0740. The minimum Gasteiger partial charge on any atom is -0.368 e. The van der Waals surface area contributed by atoms with Gasteiger partial charge in [-0.3, -0.25) is 4.79 Å². The quantitative estimate of drug-likeness (QED) is 0.675. The summed E-state index contributed by atoms with van der Waals surface area (Å²) in [5, 5.41) is 0. The number of aryl methyl sites for hydroxylation is 1. The monoisotopic (exact) mass is 399 g/mol. The summed E-state index contributed by atoms with van der Waals surface area (Å²) in [7, 11) is 0. The number of piperazine rings is 1. The van der Waals surface area contributed by atoms with E-state index < -0.39 is 0 Å². The van der Waals surface area contributed by atoms with Gasteiger partial charge in [0.15, 0.2) is 5.82 Å². The number of aromatic nitrogens is 2. The first-order valence-corrected chi connectivity index (χ1v) is 10.5. The fourth-order valence-corrected chi connectivity index (χ4v) is 4.30. The highest BCUT2D eigenvalue weighted by Gasteiger charge is 2.25. The molecule has 0 spiro atoms.